The SMILES string of the molecule is CNCC(O)C(O)c1ccc(Cl)cc1[N+](=O)[O-]. The quantitative estimate of drug-likeness (QED) is 0.539. The second kappa shape index (κ2) is 5.92. The fourth-order valence-electron chi connectivity index (χ4n) is 1.45. The molecule has 0 fully saturated rings. The summed E-state index contributed by atoms with van der Waals surface area (Å²) in [6, 6.07) is 3.91. The molecule has 0 aliphatic rings. The van der Waals surface area contributed by atoms with Crippen molar-refractivity contribution in [3.05, 3.63) is 38.9 Å². The Hall–Kier alpha value is -1.21. The minimum absolute atomic E-state index is 0.0437. The van der Waals surface area contributed by atoms with Crippen LogP contribution in [-0.4, -0.2) is 34.8 Å². The molecule has 94 valence electrons. The molecule has 2 atom stereocenters. The number of nitrogens with one attached hydrogen (secondary N) is 1. The number of aliphatic hydroxyl groups is 2. The summed E-state index contributed by atoms with van der Waals surface area (Å²) in [4.78, 5) is 10.2. The van der Waals surface area contributed by atoms with Crippen molar-refractivity contribution < 1.29 is 15.1 Å². The second-order valence-corrected chi connectivity index (χ2v) is 3.97. The number of hydrogen-bond donors (Lipinski definition) is 3. The minimum Gasteiger partial charge on any atom is -0.389 e. The van der Waals surface area contributed by atoms with Crippen LogP contribution in [0.4, 0.5) is 5.69 Å². The first-order valence-electron chi connectivity index (χ1n) is 4.92. The van der Waals surface area contributed by atoms with Gasteiger partial charge < -0.3 is 15.5 Å². The Balaban J connectivity index is 3.08. The first kappa shape index (κ1) is 13.9. The molecule has 0 radical (unpaired) electrons. The average Bonchev–Trinajstić information content (AvgIpc) is 2.28. The fourth-order valence-corrected chi connectivity index (χ4v) is 1.62. The van der Waals surface area contributed by atoms with E-state index in [2.05, 4.69) is 5.32 Å². The molecule has 0 saturated heterocycles. The number of rotatable bonds is 5. The van der Waals surface area contributed by atoms with E-state index in [0.29, 0.717) is 0 Å². The van der Waals surface area contributed by atoms with Crippen LogP contribution in [0.5, 0.6) is 0 Å². The maximum Gasteiger partial charge on any atom is 0.276 e. The molecular weight excluding hydrogens is 248 g/mol. The highest BCUT2D eigenvalue weighted by molar-refractivity contribution is 6.30. The van der Waals surface area contributed by atoms with Crippen LogP contribution in [0.3, 0.4) is 0 Å². The topological polar surface area (TPSA) is 95.6 Å². The zero-order chi connectivity index (χ0) is 13.0. The van der Waals surface area contributed by atoms with Gasteiger partial charge >= 0.3 is 0 Å². The number of nitro benzene ring substituents is 1. The van der Waals surface area contributed by atoms with Crippen LogP contribution >= 0.6 is 11.6 Å². The van der Waals surface area contributed by atoms with E-state index < -0.39 is 17.1 Å². The molecular formula is C10H13ClN2O4. The Morgan fingerprint density at radius 2 is 2.18 bits per heavy atom. The number of hydrogen-bond acceptors (Lipinski definition) is 5. The summed E-state index contributed by atoms with van der Waals surface area (Å²) >= 11 is 5.65. The molecule has 1 aromatic rings. The molecule has 17 heavy (non-hydrogen) atoms. The molecule has 2 unspecified atom stereocenters. The molecule has 0 spiro atoms. The standard InChI is InChI=1S/C10H13ClN2O4/c1-12-5-9(14)10(15)7-3-2-6(11)4-8(7)13(16)17/h2-4,9-10,12,14-15H,5H2,1H3. The van der Waals surface area contributed by atoms with Crippen LogP contribution < -0.4 is 5.32 Å². The third-order valence-corrected chi connectivity index (χ3v) is 2.52. The number of benzene rings is 1. The van der Waals surface area contributed by atoms with Crippen molar-refractivity contribution >= 4 is 17.3 Å². The van der Waals surface area contributed by atoms with Gasteiger partial charge in [0, 0.05) is 17.6 Å². The van der Waals surface area contributed by atoms with Crippen LogP contribution in [0.15, 0.2) is 18.2 Å². The van der Waals surface area contributed by atoms with E-state index in [1.807, 2.05) is 0 Å². The van der Waals surface area contributed by atoms with Crippen LogP contribution in [0.2, 0.25) is 5.02 Å². The third kappa shape index (κ3) is 3.37. The Morgan fingerprint density at radius 1 is 1.53 bits per heavy atom. The van der Waals surface area contributed by atoms with Gasteiger partial charge in [0.25, 0.3) is 5.69 Å². The summed E-state index contributed by atoms with van der Waals surface area (Å²) in [7, 11) is 1.60. The molecule has 7 heteroatoms. The van der Waals surface area contributed by atoms with Crippen molar-refractivity contribution in [3.63, 3.8) is 0 Å². The van der Waals surface area contributed by atoms with Gasteiger partial charge in [-0.1, -0.05) is 11.6 Å². The van der Waals surface area contributed by atoms with Gasteiger partial charge in [-0.25, -0.2) is 0 Å². The number of nitrogens with zero attached hydrogens (tertiary/aromatic N) is 1. The molecule has 6 nitrogen and oxygen atoms in total. The van der Waals surface area contributed by atoms with E-state index in [4.69, 9.17) is 11.6 Å². The minimum atomic E-state index is -1.33. The highest BCUT2D eigenvalue weighted by Gasteiger charge is 2.25. The molecule has 0 aromatic heterocycles. The maximum atomic E-state index is 10.8. The van der Waals surface area contributed by atoms with E-state index in [1.165, 1.54) is 12.1 Å². The first-order chi connectivity index (χ1) is 7.97. The molecule has 0 aliphatic carbocycles. The highest BCUT2D eigenvalue weighted by Crippen LogP contribution is 2.29. The first-order valence-corrected chi connectivity index (χ1v) is 5.29. The van der Waals surface area contributed by atoms with Crippen LogP contribution in [0.1, 0.15) is 11.7 Å². The van der Waals surface area contributed by atoms with Crippen molar-refractivity contribution in [2.75, 3.05) is 13.6 Å². The maximum absolute atomic E-state index is 10.8. The zero-order valence-corrected chi connectivity index (χ0v) is 9.89. The molecule has 0 aliphatic heterocycles. The lowest BCUT2D eigenvalue weighted by atomic mass is 10.0. The van der Waals surface area contributed by atoms with Crippen LogP contribution in [-0.2, 0) is 0 Å². The van der Waals surface area contributed by atoms with E-state index in [0.717, 1.165) is 6.07 Å². The zero-order valence-electron chi connectivity index (χ0n) is 9.13. The average molecular weight is 261 g/mol. The summed E-state index contributed by atoms with van der Waals surface area (Å²) in [6.45, 7) is 0.126. The molecule has 1 aromatic carbocycles. The molecule has 1 rings (SSSR count). The summed E-state index contributed by atoms with van der Waals surface area (Å²) in [5.74, 6) is 0. The van der Waals surface area contributed by atoms with Gasteiger partial charge in [-0.15, -0.1) is 0 Å². The third-order valence-electron chi connectivity index (χ3n) is 2.29. The molecule has 0 bridgehead atoms. The predicted octanol–water partition coefficient (Wildman–Crippen LogP) is 0.862. The number of nitro groups is 1. The smallest absolute Gasteiger partial charge is 0.276 e. The molecule has 0 heterocycles. The summed E-state index contributed by atoms with van der Waals surface area (Å²) < 4.78 is 0. The molecule has 0 amide bonds. The van der Waals surface area contributed by atoms with E-state index in [-0.39, 0.29) is 22.8 Å². The number of halogens is 1. The number of likely N-dealkylation sites (N-methyl/N-ethyl adjacent to an activating group) is 1. The monoisotopic (exact) mass is 260 g/mol. The normalized spacial score (nSPS) is 14.4. The fraction of sp³-hybridized carbons (Fsp3) is 0.400. The highest BCUT2D eigenvalue weighted by atomic mass is 35.5. The summed E-state index contributed by atoms with van der Waals surface area (Å²) in [6.07, 6.45) is -2.46. The van der Waals surface area contributed by atoms with Crippen molar-refractivity contribution in [2.24, 2.45) is 0 Å². The van der Waals surface area contributed by atoms with Gasteiger partial charge in [0.1, 0.15) is 6.10 Å². The van der Waals surface area contributed by atoms with Crippen LogP contribution in [0, 0.1) is 10.1 Å². The summed E-state index contributed by atoms with van der Waals surface area (Å²) in [5.41, 5.74) is -0.262. The Kier molecular flexibility index (Phi) is 4.83. The van der Waals surface area contributed by atoms with E-state index in [1.54, 1.807) is 7.05 Å². The number of aliphatic hydroxyl groups excluding tert-OH is 2. The van der Waals surface area contributed by atoms with Crippen LogP contribution in [0.25, 0.3) is 0 Å². The molecule has 0 saturated carbocycles. The lowest BCUT2D eigenvalue weighted by Gasteiger charge is -2.17. The largest absolute Gasteiger partial charge is 0.389 e. The van der Waals surface area contributed by atoms with Crippen molar-refractivity contribution in [1.29, 1.82) is 0 Å². The second-order valence-electron chi connectivity index (χ2n) is 3.53. The van der Waals surface area contributed by atoms with Crippen molar-refractivity contribution in [1.82, 2.24) is 5.32 Å². The van der Waals surface area contributed by atoms with Gasteiger partial charge in [0.2, 0.25) is 0 Å². The van der Waals surface area contributed by atoms with Gasteiger partial charge in [-0.2, -0.15) is 0 Å². The van der Waals surface area contributed by atoms with Crippen molar-refractivity contribution in [2.45, 2.75) is 12.2 Å². The lowest BCUT2D eigenvalue weighted by Crippen LogP contribution is -2.29. The van der Waals surface area contributed by atoms with Gasteiger partial charge in [0.15, 0.2) is 0 Å². The van der Waals surface area contributed by atoms with Crippen molar-refractivity contribution in [3.8, 4) is 0 Å². The van der Waals surface area contributed by atoms with E-state index >= 15 is 0 Å². The predicted molar refractivity (Wildman–Crippen MR) is 63.0 cm³/mol. The Bertz CT molecular complexity index is 413. The Labute approximate surface area is 103 Å². The Morgan fingerprint density at radius 3 is 2.71 bits per heavy atom. The lowest BCUT2D eigenvalue weighted by molar-refractivity contribution is -0.386. The van der Waals surface area contributed by atoms with Gasteiger partial charge in [0.05, 0.1) is 16.6 Å². The summed E-state index contributed by atoms with van der Waals surface area (Å²) in [5, 5.41) is 33.1. The van der Waals surface area contributed by atoms with Gasteiger partial charge in [-0.05, 0) is 19.2 Å². The van der Waals surface area contributed by atoms with E-state index in [9.17, 15) is 20.3 Å². The van der Waals surface area contributed by atoms with Gasteiger partial charge in [-0.3, -0.25) is 10.1 Å². The molecule has 3 N–H and O–H groups in total.